The first-order valence-corrected chi connectivity index (χ1v) is 5.70. The molecule has 2 rings (SSSR count). The van der Waals surface area contributed by atoms with E-state index < -0.39 is 6.03 Å². The van der Waals surface area contributed by atoms with Crippen molar-refractivity contribution in [1.82, 2.24) is 15.5 Å². The molecule has 0 spiro atoms. The summed E-state index contributed by atoms with van der Waals surface area (Å²) in [6, 6.07) is 3.40. The molecule has 2 heterocycles. The minimum absolute atomic E-state index is 0.0648. The van der Waals surface area contributed by atoms with Crippen molar-refractivity contribution < 1.29 is 9.21 Å². The van der Waals surface area contributed by atoms with Crippen molar-refractivity contribution in [3.8, 4) is 10.8 Å². The van der Waals surface area contributed by atoms with Crippen LogP contribution in [-0.2, 0) is 0 Å². The van der Waals surface area contributed by atoms with Gasteiger partial charge >= 0.3 is 12.0 Å². The van der Waals surface area contributed by atoms with Crippen LogP contribution in [0.2, 0.25) is 0 Å². The first kappa shape index (κ1) is 11.3. The molecule has 2 amide bonds. The van der Waals surface area contributed by atoms with Crippen molar-refractivity contribution in [1.29, 1.82) is 0 Å². The second kappa shape index (κ2) is 5.26. The van der Waals surface area contributed by atoms with Gasteiger partial charge in [0.15, 0.2) is 0 Å². The average Bonchev–Trinajstić information content (AvgIpc) is 2.95. The van der Waals surface area contributed by atoms with Crippen LogP contribution in [0, 0.1) is 0 Å². The van der Waals surface area contributed by atoms with Gasteiger partial charge in [-0.3, -0.25) is 5.32 Å². The highest BCUT2D eigenvalue weighted by Crippen LogP contribution is 2.24. The quantitative estimate of drug-likeness (QED) is 0.814. The third-order valence-corrected chi connectivity index (χ3v) is 2.64. The molecule has 0 fully saturated rings. The Bertz CT molecular complexity index is 506. The maximum absolute atomic E-state index is 11.3. The van der Waals surface area contributed by atoms with Crippen LogP contribution in [0.15, 0.2) is 34.6 Å². The Morgan fingerprint density at radius 3 is 3.18 bits per heavy atom. The second-order valence-electron chi connectivity index (χ2n) is 3.01. The van der Waals surface area contributed by atoms with Crippen LogP contribution in [0.3, 0.4) is 0 Å². The molecule has 0 atom stereocenters. The van der Waals surface area contributed by atoms with Crippen LogP contribution in [0.4, 0.5) is 10.8 Å². The number of anilines is 1. The van der Waals surface area contributed by atoms with Crippen LogP contribution >= 0.6 is 11.3 Å². The fraction of sp³-hybridized carbons (Fsp3) is 0.100. The molecule has 2 aromatic rings. The van der Waals surface area contributed by atoms with E-state index in [0.29, 0.717) is 12.4 Å². The number of nitrogens with one attached hydrogen (secondary N) is 2. The van der Waals surface area contributed by atoms with Crippen molar-refractivity contribution in [3.05, 3.63) is 30.2 Å². The summed E-state index contributed by atoms with van der Waals surface area (Å²) in [4.78, 5) is 12.1. The van der Waals surface area contributed by atoms with Gasteiger partial charge in [0, 0.05) is 6.54 Å². The fourth-order valence-electron chi connectivity index (χ4n) is 1.08. The van der Waals surface area contributed by atoms with Gasteiger partial charge in [0.1, 0.15) is 0 Å². The number of amides is 2. The zero-order valence-electron chi connectivity index (χ0n) is 8.84. The lowest BCUT2D eigenvalue weighted by molar-refractivity contribution is 0.252. The van der Waals surface area contributed by atoms with Gasteiger partial charge in [0.05, 0.1) is 4.88 Å². The molecule has 0 aliphatic carbocycles. The summed E-state index contributed by atoms with van der Waals surface area (Å²) >= 11 is 1.48. The number of carbonyl (C=O) groups excluding carboxylic acids is 1. The highest BCUT2D eigenvalue weighted by Gasteiger charge is 2.10. The van der Waals surface area contributed by atoms with Crippen molar-refractivity contribution >= 4 is 23.4 Å². The lowest BCUT2D eigenvalue weighted by Gasteiger charge is -1.99. The predicted octanol–water partition coefficient (Wildman–Crippen LogP) is 2.11. The Labute approximate surface area is 101 Å². The smallest absolute Gasteiger partial charge is 0.324 e. The van der Waals surface area contributed by atoms with Gasteiger partial charge in [0.25, 0.3) is 5.89 Å². The molecule has 0 saturated carbocycles. The number of thiophene rings is 1. The highest BCUT2D eigenvalue weighted by atomic mass is 32.1. The molecule has 17 heavy (non-hydrogen) atoms. The summed E-state index contributed by atoms with van der Waals surface area (Å²) in [5, 5.41) is 14.4. The normalized spacial score (nSPS) is 9.88. The molecule has 0 aliphatic heterocycles. The van der Waals surface area contributed by atoms with Crippen LogP contribution in [0.25, 0.3) is 10.8 Å². The molecule has 0 aromatic carbocycles. The Morgan fingerprint density at radius 2 is 2.47 bits per heavy atom. The van der Waals surface area contributed by atoms with Gasteiger partial charge in [-0.05, 0) is 11.4 Å². The van der Waals surface area contributed by atoms with Crippen molar-refractivity contribution in [2.75, 3.05) is 11.9 Å². The molecule has 0 unspecified atom stereocenters. The summed E-state index contributed by atoms with van der Waals surface area (Å²) < 4.78 is 5.27. The molecule has 7 heteroatoms. The molecule has 88 valence electrons. The summed E-state index contributed by atoms with van der Waals surface area (Å²) in [5.74, 6) is 0.388. The zero-order valence-corrected chi connectivity index (χ0v) is 9.66. The summed E-state index contributed by atoms with van der Waals surface area (Å²) in [6.07, 6.45) is 1.57. The molecule has 2 aromatic heterocycles. The maximum atomic E-state index is 11.3. The monoisotopic (exact) mass is 250 g/mol. The summed E-state index contributed by atoms with van der Waals surface area (Å²) in [7, 11) is 0. The lowest BCUT2D eigenvalue weighted by Crippen LogP contribution is -2.28. The Morgan fingerprint density at radius 1 is 1.59 bits per heavy atom. The van der Waals surface area contributed by atoms with Crippen molar-refractivity contribution in [2.45, 2.75) is 0 Å². The minimum atomic E-state index is -0.411. The molecule has 0 saturated heterocycles. The fourth-order valence-corrected chi connectivity index (χ4v) is 1.72. The number of nitrogens with zero attached hydrogens (tertiary/aromatic N) is 2. The second-order valence-corrected chi connectivity index (χ2v) is 3.96. The summed E-state index contributed by atoms with van der Waals surface area (Å²) in [5.41, 5.74) is 0. The van der Waals surface area contributed by atoms with E-state index in [2.05, 4.69) is 27.4 Å². The van der Waals surface area contributed by atoms with E-state index in [1.165, 1.54) is 11.3 Å². The molecule has 0 radical (unpaired) electrons. The first-order valence-electron chi connectivity index (χ1n) is 4.82. The molecular formula is C10H10N4O2S. The minimum Gasteiger partial charge on any atom is -0.402 e. The number of rotatable bonds is 4. The van der Waals surface area contributed by atoms with E-state index in [9.17, 15) is 4.79 Å². The van der Waals surface area contributed by atoms with Crippen LogP contribution in [0.5, 0.6) is 0 Å². The third-order valence-electron chi connectivity index (χ3n) is 1.78. The predicted molar refractivity (Wildman–Crippen MR) is 64.8 cm³/mol. The Hall–Kier alpha value is -2.15. The molecule has 0 bridgehead atoms. The van der Waals surface area contributed by atoms with Gasteiger partial charge in [-0.15, -0.1) is 23.0 Å². The number of urea groups is 1. The van der Waals surface area contributed by atoms with Gasteiger partial charge in [0.2, 0.25) is 0 Å². The first-order chi connectivity index (χ1) is 8.29. The lowest BCUT2D eigenvalue weighted by atomic mass is 10.5. The van der Waals surface area contributed by atoms with Gasteiger partial charge < -0.3 is 9.73 Å². The number of hydrogen-bond acceptors (Lipinski definition) is 5. The van der Waals surface area contributed by atoms with E-state index in [4.69, 9.17) is 4.42 Å². The van der Waals surface area contributed by atoms with Gasteiger partial charge in [-0.2, -0.15) is 0 Å². The van der Waals surface area contributed by atoms with E-state index in [1.807, 2.05) is 17.5 Å². The molecule has 6 nitrogen and oxygen atoms in total. The van der Waals surface area contributed by atoms with E-state index in [0.717, 1.165) is 4.88 Å². The zero-order chi connectivity index (χ0) is 12.1. The molecule has 0 aliphatic rings. The average molecular weight is 250 g/mol. The highest BCUT2D eigenvalue weighted by molar-refractivity contribution is 7.13. The van der Waals surface area contributed by atoms with Crippen molar-refractivity contribution in [3.63, 3.8) is 0 Å². The third kappa shape index (κ3) is 2.91. The number of carbonyl (C=O) groups is 1. The van der Waals surface area contributed by atoms with Crippen LogP contribution < -0.4 is 10.6 Å². The topological polar surface area (TPSA) is 80.0 Å². The van der Waals surface area contributed by atoms with E-state index >= 15 is 0 Å². The standard InChI is InChI=1S/C10H10N4O2S/c1-2-5-11-9(15)12-10-14-13-8(16-10)7-4-3-6-17-7/h2-4,6H,1,5H2,(H2,11,12,14,15). The maximum Gasteiger partial charge on any atom is 0.324 e. The van der Waals surface area contributed by atoms with Crippen molar-refractivity contribution in [2.24, 2.45) is 0 Å². The van der Waals surface area contributed by atoms with Gasteiger partial charge in [-0.25, -0.2) is 4.79 Å². The molecule has 2 N–H and O–H groups in total. The summed E-state index contributed by atoms with van der Waals surface area (Å²) in [6.45, 7) is 3.86. The van der Waals surface area contributed by atoms with Gasteiger partial charge in [-0.1, -0.05) is 17.2 Å². The van der Waals surface area contributed by atoms with Crippen LogP contribution in [-0.4, -0.2) is 22.8 Å². The Balaban J connectivity index is 1.99. The van der Waals surface area contributed by atoms with Crippen LogP contribution in [0.1, 0.15) is 0 Å². The SMILES string of the molecule is C=CCNC(=O)Nc1nnc(-c2cccs2)o1. The number of hydrogen-bond donors (Lipinski definition) is 2. The van der Waals surface area contributed by atoms with E-state index in [1.54, 1.807) is 6.08 Å². The largest absolute Gasteiger partial charge is 0.402 e. The Kier molecular flexibility index (Phi) is 3.51. The number of aromatic nitrogens is 2. The van der Waals surface area contributed by atoms with E-state index in [-0.39, 0.29) is 6.01 Å². The molecular weight excluding hydrogens is 240 g/mol.